The van der Waals surface area contributed by atoms with Crippen molar-refractivity contribution in [2.75, 3.05) is 13.7 Å². The molecule has 3 heterocycles. The molecule has 0 saturated carbocycles. The number of methoxy groups -OCH3 is 1. The summed E-state index contributed by atoms with van der Waals surface area (Å²) < 4.78 is 11.1. The van der Waals surface area contributed by atoms with Gasteiger partial charge in [0.05, 0.1) is 18.7 Å². The van der Waals surface area contributed by atoms with Crippen molar-refractivity contribution in [3.63, 3.8) is 0 Å². The smallest absolute Gasteiger partial charge is 0.322 e. The van der Waals surface area contributed by atoms with Crippen molar-refractivity contribution in [2.24, 2.45) is 0 Å². The lowest BCUT2D eigenvalue weighted by Gasteiger charge is -2.35. The molecule has 2 aromatic heterocycles. The number of rotatable bonds is 7. The number of amides is 2. The highest BCUT2D eigenvalue weighted by molar-refractivity contribution is 7.09. The van der Waals surface area contributed by atoms with Crippen molar-refractivity contribution >= 4 is 22.9 Å². The second-order valence-electron chi connectivity index (χ2n) is 8.43. The van der Waals surface area contributed by atoms with Gasteiger partial charge in [-0.05, 0) is 49.4 Å². The zero-order chi connectivity index (χ0) is 24.4. The molecule has 0 spiro atoms. The molecule has 178 valence electrons. The van der Waals surface area contributed by atoms with Gasteiger partial charge in [0.15, 0.2) is 0 Å². The molecule has 1 aliphatic heterocycles. The highest BCUT2D eigenvalue weighted by Gasteiger charge is 2.35. The number of aromatic nitrogens is 2. The van der Waals surface area contributed by atoms with E-state index in [4.69, 9.17) is 14.2 Å². The Morgan fingerprint density at radius 3 is 2.69 bits per heavy atom. The lowest BCUT2D eigenvalue weighted by atomic mass is 9.94. The van der Waals surface area contributed by atoms with Gasteiger partial charge in [-0.25, -0.2) is 4.79 Å². The number of benzene rings is 2. The monoisotopic (exact) mass is 486 g/mol. The Hall–Kier alpha value is -3.91. The summed E-state index contributed by atoms with van der Waals surface area (Å²) in [5.74, 6) is 1.56. The van der Waals surface area contributed by atoms with Gasteiger partial charge in [-0.15, -0.1) is 11.3 Å². The molecule has 0 bridgehead atoms. The maximum atomic E-state index is 13.2. The first-order valence-corrected chi connectivity index (χ1v) is 12.3. The van der Waals surface area contributed by atoms with E-state index in [1.54, 1.807) is 23.3 Å². The van der Waals surface area contributed by atoms with Crippen LogP contribution < -0.4 is 10.1 Å². The quantitative estimate of drug-likeness (QED) is 0.354. The van der Waals surface area contributed by atoms with Crippen molar-refractivity contribution in [1.29, 1.82) is 0 Å². The Kier molecular flexibility index (Phi) is 6.37. The number of thiophene rings is 1. The number of hydrogen-bond acceptors (Lipinski definition) is 6. The first-order valence-electron chi connectivity index (χ1n) is 11.4. The molecule has 8 heteroatoms. The van der Waals surface area contributed by atoms with Gasteiger partial charge in [0.25, 0.3) is 5.89 Å². The highest BCUT2D eigenvalue weighted by Crippen LogP contribution is 2.37. The zero-order valence-corrected chi connectivity index (χ0v) is 20.6. The molecule has 4 aromatic rings. The van der Waals surface area contributed by atoms with Crippen LogP contribution in [0.25, 0.3) is 17.0 Å². The molecule has 5 rings (SSSR count). The van der Waals surface area contributed by atoms with E-state index < -0.39 is 6.04 Å². The number of urea groups is 1. The number of aryl methyl sites for hydroxylation is 1. The first-order chi connectivity index (χ1) is 17.0. The number of carbonyl (C=O) groups is 1. The Morgan fingerprint density at radius 2 is 1.94 bits per heavy atom. The summed E-state index contributed by atoms with van der Waals surface area (Å²) in [4.78, 5) is 20.9. The third-order valence-electron chi connectivity index (χ3n) is 6.15. The van der Waals surface area contributed by atoms with Crippen LogP contribution in [0.5, 0.6) is 5.75 Å². The molecule has 2 aromatic carbocycles. The van der Waals surface area contributed by atoms with E-state index in [0.29, 0.717) is 24.0 Å². The zero-order valence-electron chi connectivity index (χ0n) is 19.8. The van der Waals surface area contributed by atoms with Gasteiger partial charge in [-0.2, -0.15) is 4.98 Å². The third-order valence-corrected chi connectivity index (χ3v) is 7.09. The molecular formula is C27H26N4O3S. The third kappa shape index (κ3) is 4.70. The van der Waals surface area contributed by atoms with E-state index in [2.05, 4.69) is 16.5 Å². The molecule has 35 heavy (non-hydrogen) atoms. The Morgan fingerprint density at radius 1 is 1.11 bits per heavy atom. The van der Waals surface area contributed by atoms with E-state index in [1.165, 1.54) is 4.88 Å². The summed E-state index contributed by atoms with van der Waals surface area (Å²) in [6.07, 6.45) is 0.768. The number of nitrogens with zero attached hydrogens (tertiary/aromatic N) is 3. The summed E-state index contributed by atoms with van der Waals surface area (Å²) in [7, 11) is 1.62. The molecule has 7 nitrogen and oxygen atoms in total. The van der Waals surface area contributed by atoms with Crippen LogP contribution in [-0.2, 0) is 6.42 Å². The van der Waals surface area contributed by atoms with E-state index >= 15 is 0 Å². The highest BCUT2D eigenvalue weighted by atomic mass is 32.1. The maximum absolute atomic E-state index is 13.2. The molecule has 2 amide bonds. The molecule has 1 N–H and O–H groups in total. The lowest BCUT2D eigenvalue weighted by Crippen LogP contribution is -2.46. The van der Waals surface area contributed by atoms with Crippen LogP contribution in [0.1, 0.15) is 34.9 Å². The minimum Gasteiger partial charge on any atom is -0.497 e. The minimum absolute atomic E-state index is 0.138. The van der Waals surface area contributed by atoms with Crippen LogP contribution in [-0.4, -0.2) is 34.7 Å². The van der Waals surface area contributed by atoms with Gasteiger partial charge in [-0.3, -0.25) is 4.90 Å². The Balaban J connectivity index is 1.55. The summed E-state index contributed by atoms with van der Waals surface area (Å²) in [6, 6.07) is 19.2. The van der Waals surface area contributed by atoms with E-state index in [-0.39, 0.29) is 6.03 Å². The molecular weight excluding hydrogens is 460 g/mol. The average Bonchev–Trinajstić information content (AvgIpc) is 3.57. The van der Waals surface area contributed by atoms with E-state index in [0.717, 1.165) is 34.4 Å². The van der Waals surface area contributed by atoms with Gasteiger partial charge in [0.2, 0.25) is 5.82 Å². The standard InChI is InChI=1S/C27H26N4O3S/c1-17-9-11-19(12-10-17)24-23(18(2)31(27(32)28-24)14-13-22-8-5-15-35-22)26-29-25(30-34-26)20-6-4-7-21(16-20)33-3/h4-12,15-16,24H,13-14H2,1-3H3,(H,28,32). The van der Waals surface area contributed by atoms with Crippen LogP contribution >= 0.6 is 11.3 Å². The average molecular weight is 487 g/mol. The van der Waals surface area contributed by atoms with Crippen LogP contribution in [0.2, 0.25) is 0 Å². The Labute approximate surface area is 208 Å². The van der Waals surface area contributed by atoms with Crippen molar-refractivity contribution in [1.82, 2.24) is 20.4 Å². The van der Waals surface area contributed by atoms with Gasteiger partial charge >= 0.3 is 6.03 Å². The minimum atomic E-state index is -0.403. The molecule has 0 saturated heterocycles. The number of allylic oxidation sites excluding steroid dienone is 1. The summed E-state index contributed by atoms with van der Waals surface area (Å²) >= 11 is 1.69. The van der Waals surface area contributed by atoms with Crippen molar-refractivity contribution in [3.8, 4) is 17.1 Å². The number of hydrogen-bond donors (Lipinski definition) is 1. The summed E-state index contributed by atoms with van der Waals surface area (Å²) in [5, 5.41) is 9.45. The molecule has 1 aliphatic rings. The second-order valence-corrected chi connectivity index (χ2v) is 9.46. The van der Waals surface area contributed by atoms with Gasteiger partial charge in [0, 0.05) is 22.7 Å². The largest absolute Gasteiger partial charge is 0.497 e. The van der Waals surface area contributed by atoms with Gasteiger partial charge < -0.3 is 14.6 Å². The molecule has 0 aliphatic carbocycles. The van der Waals surface area contributed by atoms with Crippen LogP contribution in [0.3, 0.4) is 0 Å². The number of nitrogens with one attached hydrogen (secondary N) is 1. The fourth-order valence-corrected chi connectivity index (χ4v) is 4.92. The summed E-state index contributed by atoms with van der Waals surface area (Å²) in [5.41, 5.74) is 4.49. The summed E-state index contributed by atoms with van der Waals surface area (Å²) in [6.45, 7) is 4.54. The van der Waals surface area contributed by atoms with Gasteiger partial charge in [-0.1, -0.05) is 53.2 Å². The van der Waals surface area contributed by atoms with Crippen molar-refractivity contribution < 1.29 is 14.1 Å². The molecule has 1 atom stereocenters. The fraction of sp³-hybridized carbons (Fsp3) is 0.222. The number of carbonyl (C=O) groups excluding carboxylic acids is 1. The predicted molar refractivity (Wildman–Crippen MR) is 136 cm³/mol. The SMILES string of the molecule is COc1cccc(-c2noc(C3=C(C)N(CCc4cccs4)C(=O)NC3c3ccc(C)cc3)n2)c1. The molecule has 1 unspecified atom stereocenters. The fourth-order valence-electron chi connectivity index (χ4n) is 4.23. The number of ether oxygens (including phenoxy) is 1. The first kappa shape index (κ1) is 22.9. The van der Waals surface area contributed by atoms with Gasteiger partial charge in [0.1, 0.15) is 5.75 Å². The predicted octanol–water partition coefficient (Wildman–Crippen LogP) is 5.86. The van der Waals surface area contributed by atoms with Crippen molar-refractivity contribution in [3.05, 3.63) is 93.6 Å². The van der Waals surface area contributed by atoms with E-state index in [9.17, 15) is 4.79 Å². The molecule has 0 fully saturated rings. The maximum Gasteiger partial charge on any atom is 0.322 e. The van der Waals surface area contributed by atoms with Crippen molar-refractivity contribution in [2.45, 2.75) is 26.3 Å². The van der Waals surface area contributed by atoms with Crippen LogP contribution in [0.4, 0.5) is 4.79 Å². The van der Waals surface area contributed by atoms with Crippen LogP contribution in [0.15, 0.2) is 76.3 Å². The lowest BCUT2D eigenvalue weighted by molar-refractivity contribution is 0.205. The molecule has 0 radical (unpaired) electrons. The van der Waals surface area contributed by atoms with E-state index in [1.807, 2.05) is 73.8 Å². The normalized spacial score (nSPS) is 15.9. The topological polar surface area (TPSA) is 80.5 Å². The Bertz CT molecular complexity index is 1360. The van der Waals surface area contributed by atoms with Crippen LogP contribution in [0, 0.1) is 6.92 Å². The second kappa shape index (κ2) is 9.76.